The molecule has 3 heteroatoms. The molecule has 0 amide bonds. The SMILES string of the molecule is O=C1CC[C@@H](CCCCCCO)O1. The summed E-state index contributed by atoms with van der Waals surface area (Å²) in [5, 5.41) is 8.54. The lowest BCUT2D eigenvalue weighted by atomic mass is 10.1. The van der Waals surface area contributed by atoms with Crippen molar-refractivity contribution in [1.29, 1.82) is 0 Å². The zero-order chi connectivity index (χ0) is 9.52. The van der Waals surface area contributed by atoms with E-state index in [2.05, 4.69) is 0 Å². The summed E-state index contributed by atoms with van der Waals surface area (Å²) in [5.41, 5.74) is 0. The number of aliphatic hydroxyl groups is 1. The average Bonchev–Trinajstić information content (AvgIpc) is 2.51. The number of aliphatic hydroxyl groups excluding tert-OH is 1. The van der Waals surface area contributed by atoms with E-state index in [0.717, 1.165) is 38.5 Å². The molecular weight excluding hydrogens is 168 g/mol. The number of carbonyl (C=O) groups is 1. The van der Waals surface area contributed by atoms with Crippen LogP contribution in [0.1, 0.15) is 44.9 Å². The fourth-order valence-electron chi connectivity index (χ4n) is 1.62. The maximum absolute atomic E-state index is 10.7. The van der Waals surface area contributed by atoms with Crippen molar-refractivity contribution in [2.24, 2.45) is 0 Å². The van der Waals surface area contributed by atoms with Gasteiger partial charge in [-0.15, -0.1) is 0 Å². The number of carbonyl (C=O) groups excluding carboxylic acids is 1. The molecule has 0 radical (unpaired) electrons. The van der Waals surface area contributed by atoms with Gasteiger partial charge in [-0.2, -0.15) is 0 Å². The Morgan fingerprint density at radius 1 is 1.31 bits per heavy atom. The van der Waals surface area contributed by atoms with E-state index in [4.69, 9.17) is 9.84 Å². The molecule has 76 valence electrons. The van der Waals surface area contributed by atoms with Crippen molar-refractivity contribution in [3.8, 4) is 0 Å². The van der Waals surface area contributed by atoms with Crippen molar-refractivity contribution in [1.82, 2.24) is 0 Å². The van der Waals surface area contributed by atoms with Crippen LogP contribution in [0, 0.1) is 0 Å². The van der Waals surface area contributed by atoms with E-state index < -0.39 is 0 Å². The highest BCUT2D eigenvalue weighted by Crippen LogP contribution is 2.19. The van der Waals surface area contributed by atoms with E-state index in [-0.39, 0.29) is 12.1 Å². The van der Waals surface area contributed by atoms with Crippen molar-refractivity contribution in [3.63, 3.8) is 0 Å². The largest absolute Gasteiger partial charge is 0.462 e. The van der Waals surface area contributed by atoms with E-state index in [1.807, 2.05) is 0 Å². The van der Waals surface area contributed by atoms with Crippen molar-refractivity contribution in [2.45, 2.75) is 51.0 Å². The Bertz CT molecular complexity index is 156. The molecule has 1 aliphatic rings. The van der Waals surface area contributed by atoms with Crippen LogP contribution in [0.15, 0.2) is 0 Å². The zero-order valence-electron chi connectivity index (χ0n) is 8.00. The van der Waals surface area contributed by atoms with Crippen LogP contribution >= 0.6 is 0 Å². The molecule has 0 saturated carbocycles. The van der Waals surface area contributed by atoms with Crippen LogP contribution in [0.4, 0.5) is 0 Å². The molecule has 0 aromatic rings. The second-order valence-corrected chi connectivity index (χ2v) is 3.58. The van der Waals surface area contributed by atoms with E-state index in [0.29, 0.717) is 13.0 Å². The fraction of sp³-hybridized carbons (Fsp3) is 0.900. The van der Waals surface area contributed by atoms with E-state index in [1.54, 1.807) is 0 Å². The van der Waals surface area contributed by atoms with Gasteiger partial charge < -0.3 is 9.84 Å². The number of hydrogen-bond donors (Lipinski definition) is 1. The third-order valence-electron chi connectivity index (χ3n) is 2.40. The quantitative estimate of drug-likeness (QED) is 0.506. The van der Waals surface area contributed by atoms with Crippen LogP contribution in [0.25, 0.3) is 0 Å². The van der Waals surface area contributed by atoms with E-state index in [1.165, 1.54) is 0 Å². The normalized spacial score (nSPS) is 21.9. The Labute approximate surface area is 79.1 Å². The molecule has 1 aliphatic heterocycles. The van der Waals surface area contributed by atoms with Gasteiger partial charge in [-0.25, -0.2) is 0 Å². The molecule has 3 nitrogen and oxygen atoms in total. The molecule has 1 N–H and O–H groups in total. The summed E-state index contributed by atoms with van der Waals surface area (Å²) < 4.78 is 5.08. The van der Waals surface area contributed by atoms with Gasteiger partial charge in [0.05, 0.1) is 0 Å². The number of rotatable bonds is 6. The summed E-state index contributed by atoms with van der Waals surface area (Å²) in [6, 6.07) is 0. The predicted octanol–water partition coefficient (Wildman–Crippen LogP) is 1.63. The van der Waals surface area contributed by atoms with Crippen LogP contribution in [0.3, 0.4) is 0 Å². The number of hydrogen-bond acceptors (Lipinski definition) is 3. The lowest BCUT2D eigenvalue weighted by Crippen LogP contribution is -2.06. The number of cyclic esters (lactones) is 1. The Kier molecular flexibility index (Phi) is 4.83. The summed E-state index contributed by atoms with van der Waals surface area (Å²) in [6.45, 7) is 0.290. The first-order valence-corrected chi connectivity index (χ1v) is 5.13. The summed E-state index contributed by atoms with van der Waals surface area (Å²) in [6.07, 6.45) is 6.90. The Morgan fingerprint density at radius 3 is 2.69 bits per heavy atom. The molecule has 1 atom stereocenters. The maximum atomic E-state index is 10.7. The van der Waals surface area contributed by atoms with Crippen LogP contribution in [-0.4, -0.2) is 23.8 Å². The smallest absolute Gasteiger partial charge is 0.306 e. The molecule has 0 bridgehead atoms. The van der Waals surface area contributed by atoms with Gasteiger partial charge in [-0.1, -0.05) is 12.8 Å². The molecule has 1 heterocycles. The van der Waals surface area contributed by atoms with Gasteiger partial charge in [0, 0.05) is 13.0 Å². The first-order valence-electron chi connectivity index (χ1n) is 5.13. The highest BCUT2D eigenvalue weighted by Gasteiger charge is 2.22. The third-order valence-corrected chi connectivity index (χ3v) is 2.40. The number of ether oxygens (including phenoxy) is 1. The fourth-order valence-corrected chi connectivity index (χ4v) is 1.62. The molecule has 1 rings (SSSR count). The van der Waals surface area contributed by atoms with Crippen LogP contribution < -0.4 is 0 Å². The van der Waals surface area contributed by atoms with Crippen LogP contribution in [0.2, 0.25) is 0 Å². The number of esters is 1. The van der Waals surface area contributed by atoms with Crippen LogP contribution in [0.5, 0.6) is 0 Å². The molecule has 0 aromatic carbocycles. The minimum atomic E-state index is -0.0413. The van der Waals surface area contributed by atoms with Crippen molar-refractivity contribution in [3.05, 3.63) is 0 Å². The minimum Gasteiger partial charge on any atom is -0.462 e. The highest BCUT2D eigenvalue weighted by atomic mass is 16.5. The monoisotopic (exact) mass is 186 g/mol. The molecule has 0 aromatic heterocycles. The van der Waals surface area contributed by atoms with Gasteiger partial charge in [-0.05, 0) is 25.7 Å². The van der Waals surface area contributed by atoms with Gasteiger partial charge in [0.2, 0.25) is 0 Å². The minimum absolute atomic E-state index is 0.0413. The Hall–Kier alpha value is -0.570. The summed E-state index contributed by atoms with van der Waals surface area (Å²) in [5.74, 6) is -0.0413. The molecule has 0 unspecified atom stereocenters. The molecule has 1 saturated heterocycles. The van der Waals surface area contributed by atoms with Gasteiger partial charge in [-0.3, -0.25) is 4.79 Å². The van der Waals surface area contributed by atoms with Gasteiger partial charge in [0.25, 0.3) is 0 Å². The maximum Gasteiger partial charge on any atom is 0.306 e. The Balaban J connectivity index is 1.91. The summed E-state index contributed by atoms with van der Waals surface area (Å²) >= 11 is 0. The van der Waals surface area contributed by atoms with Crippen LogP contribution in [-0.2, 0) is 9.53 Å². The molecule has 0 aliphatic carbocycles. The summed E-state index contributed by atoms with van der Waals surface area (Å²) in [7, 11) is 0. The van der Waals surface area contributed by atoms with Gasteiger partial charge >= 0.3 is 5.97 Å². The Morgan fingerprint density at radius 2 is 2.08 bits per heavy atom. The van der Waals surface area contributed by atoms with Crippen molar-refractivity contribution in [2.75, 3.05) is 6.61 Å². The molecular formula is C10H18O3. The molecule has 1 fully saturated rings. The van der Waals surface area contributed by atoms with E-state index in [9.17, 15) is 4.79 Å². The second kappa shape index (κ2) is 5.97. The van der Waals surface area contributed by atoms with Crippen molar-refractivity contribution < 1.29 is 14.6 Å². The lowest BCUT2D eigenvalue weighted by Gasteiger charge is -2.07. The highest BCUT2D eigenvalue weighted by molar-refractivity contribution is 5.71. The van der Waals surface area contributed by atoms with E-state index >= 15 is 0 Å². The zero-order valence-corrected chi connectivity index (χ0v) is 8.00. The molecule has 0 spiro atoms. The molecule has 13 heavy (non-hydrogen) atoms. The lowest BCUT2D eigenvalue weighted by molar-refractivity contribution is -0.141. The first-order chi connectivity index (χ1) is 6.33. The van der Waals surface area contributed by atoms with Gasteiger partial charge in [0.15, 0.2) is 0 Å². The third kappa shape index (κ3) is 4.27. The summed E-state index contributed by atoms with van der Waals surface area (Å²) in [4.78, 5) is 10.7. The average molecular weight is 186 g/mol. The standard InChI is InChI=1S/C10H18O3/c11-8-4-2-1-3-5-9-6-7-10(12)13-9/h9,11H,1-8H2/t9-/m1/s1. The topological polar surface area (TPSA) is 46.5 Å². The van der Waals surface area contributed by atoms with Gasteiger partial charge in [0.1, 0.15) is 6.10 Å². The van der Waals surface area contributed by atoms with Crippen molar-refractivity contribution >= 4 is 5.97 Å². The second-order valence-electron chi connectivity index (χ2n) is 3.58. The number of unbranched alkanes of at least 4 members (excludes halogenated alkanes) is 3. The predicted molar refractivity (Wildman–Crippen MR) is 49.3 cm³/mol. The first kappa shape index (κ1) is 10.5.